The molecule has 0 aliphatic carbocycles. The number of rotatable bonds is 7. The lowest BCUT2D eigenvalue weighted by Crippen LogP contribution is -2.40. The summed E-state index contributed by atoms with van der Waals surface area (Å²) >= 11 is 0. The molecule has 5 nitrogen and oxygen atoms in total. The molecule has 0 aromatic carbocycles. The molecular weight excluding hydrogens is 206 g/mol. The number of carbonyl (C=O) groups excluding carboxylic acids is 2. The number of nitrogens with one attached hydrogen (secondary N) is 1. The van der Waals surface area contributed by atoms with Crippen molar-refractivity contribution in [2.24, 2.45) is 11.7 Å². The van der Waals surface area contributed by atoms with E-state index in [2.05, 4.69) is 5.32 Å². The molecule has 0 spiro atoms. The first-order valence-corrected chi connectivity index (χ1v) is 5.79. The van der Waals surface area contributed by atoms with Crippen molar-refractivity contribution in [3.63, 3.8) is 0 Å². The van der Waals surface area contributed by atoms with E-state index < -0.39 is 0 Å². The second kappa shape index (κ2) is 8.10. The number of likely N-dealkylation sites (N-methyl/N-ethyl adjacent to an activating group) is 1. The van der Waals surface area contributed by atoms with E-state index >= 15 is 0 Å². The highest BCUT2D eigenvalue weighted by molar-refractivity contribution is 5.84. The molecule has 0 aliphatic heterocycles. The lowest BCUT2D eigenvalue weighted by molar-refractivity contribution is -0.132. The first-order chi connectivity index (χ1) is 7.54. The van der Waals surface area contributed by atoms with Crippen molar-refractivity contribution < 1.29 is 9.59 Å². The Morgan fingerprint density at radius 1 is 1.31 bits per heavy atom. The number of carbonyl (C=O) groups is 2. The molecule has 1 atom stereocenters. The van der Waals surface area contributed by atoms with Gasteiger partial charge in [0.2, 0.25) is 11.8 Å². The summed E-state index contributed by atoms with van der Waals surface area (Å²) < 4.78 is 0. The van der Waals surface area contributed by atoms with Crippen LogP contribution in [0.15, 0.2) is 0 Å². The third-order valence-electron chi connectivity index (χ3n) is 2.49. The number of hydrogen-bond acceptors (Lipinski definition) is 3. The van der Waals surface area contributed by atoms with Crippen LogP contribution in [0.25, 0.3) is 0 Å². The molecule has 0 radical (unpaired) electrons. The summed E-state index contributed by atoms with van der Waals surface area (Å²) in [5.41, 5.74) is 5.41. The Morgan fingerprint density at radius 3 is 2.31 bits per heavy atom. The molecule has 3 N–H and O–H groups in total. The first kappa shape index (κ1) is 14.9. The largest absolute Gasteiger partial charge is 0.347 e. The Bertz CT molecular complexity index is 227. The Morgan fingerprint density at radius 2 is 1.88 bits per heavy atom. The number of nitrogens with two attached hydrogens (primary N) is 1. The molecule has 1 unspecified atom stereocenters. The van der Waals surface area contributed by atoms with Crippen molar-refractivity contribution in [2.75, 3.05) is 26.2 Å². The van der Waals surface area contributed by atoms with Crippen LogP contribution < -0.4 is 11.1 Å². The van der Waals surface area contributed by atoms with E-state index in [1.807, 2.05) is 20.8 Å². The Hall–Kier alpha value is -1.10. The van der Waals surface area contributed by atoms with Crippen LogP contribution in [-0.2, 0) is 9.59 Å². The fourth-order valence-corrected chi connectivity index (χ4v) is 1.33. The van der Waals surface area contributed by atoms with Crippen LogP contribution in [0.5, 0.6) is 0 Å². The van der Waals surface area contributed by atoms with Crippen molar-refractivity contribution in [3.8, 4) is 0 Å². The topological polar surface area (TPSA) is 75.4 Å². The van der Waals surface area contributed by atoms with Gasteiger partial charge in [0.15, 0.2) is 0 Å². The lowest BCUT2D eigenvalue weighted by Gasteiger charge is -2.19. The molecule has 16 heavy (non-hydrogen) atoms. The first-order valence-electron chi connectivity index (χ1n) is 5.79. The minimum absolute atomic E-state index is 0.0428. The van der Waals surface area contributed by atoms with Gasteiger partial charge in [-0.05, 0) is 26.3 Å². The molecule has 5 heteroatoms. The molecule has 0 rings (SSSR count). The fourth-order valence-electron chi connectivity index (χ4n) is 1.33. The molecule has 0 fully saturated rings. The summed E-state index contributed by atoms with van der Waals surface area (Å²) in [6.45, 7) is 7.65. The quantitative estimate of drug-likeness (QED) is 0.643. The van der Waals surface area contributed by atoms with Crippen LogP contribution in [0.1, 0.15) is 27.2 Å². The minimum atomic E-state index is -0.113. The fraction of sp³-hybridized carbons (Fsp3) is 0.818. The van der Waals surface area contributed by atoms with E-state index in [9.17, 15) is 9.59 Å². The van der Waals surface area contributed by atoms with E-state index in [1.54, 1.807) is 4.90 Å². The van der Waals surface area contributed by atoms with Crippen molar-refractivity contribution in [1.29, 1.82) is 0 Å². The third-order valence-corrected chi connectivity index (χ3v) is 2.49. The van der Waals surface area contributed by atoms with Gasteiger partial charge in [0.05, 0.1) is 6.54 Å². The standard InChI is InChI=1S/C11H23N3O2/c1-4-14(5-2)11(16)8-13-10(15)6-9(3)7-12/h9H,4-8,12H2,1-3H3,(H,13,15). The maximum Gasteiger partial charge on any atom is 0.241 e. The van der Waals surface area contributed by atoms with Gasteiger partial charge >= 0.3 is 0 Å². The van der Waals surface area contributed by atoms with Gasteiger partial charge in [-0.2, -0.15) is 0 Å². The van der Waals surface area contributed by atoms with E-state index in [1.165, 1.54) is 0 Å². The molecule has 0 bridgehead atoms. The average molecular weight is 229 g/mol. The van der Waals surface area contributed by atoms with Gasteiger partial charge in [0.1, 0.15) is 0 Å². The molecule has 94 valence electrons. The number of amides is 2. The van der Waals surface area contributed by atoms with Crippen LogP contribution in [0.3, 0.4) is 0 Å². The lowest BCUT2D eigenvalue weighted by atomic mass is 10.1. The van der Waals surface area contributed by atoms with Crippen LogP contribution in [0.4, 0.5) is 0 Å². The van der Waals surface area contributed by atoms with Crippen molar-refractivity contribution in [2.45, 2.75) is 27.2 Å². The zero-order valence-corrected chi connectivity index (χ0v) is 10.5. The summed E-state index contributed by atoms with van der Waals surface area (Å²) in [5, 5.41) is 2.61. The van der Waals surface area contributed by atoms with E-state index in [0.29, 0.717) is 26.1 Å². The molecular formula is C11H23N3O2. The highest BCUT2D eigenvalue weighted by Gasteiger charge is 2.12. The van der Waals surface area contributed by atoms with Crippen LogP contribution in [0, 0.1) is 5.92 Å². The van der Waals surface area contributed by atoms with Crippen molar-refractivity contribution in [1.82, 2.24) is 10.2 Å². The highest BCUT2D eigenvalue weighted by Crippen LogP contribution is 1.97. The van der Waals surface area contributed by atoms with Crippen LogP contribution >= 0.6 is 0 Å². The zero-order valence-electron chi connectivity index (χ0n) is 10.5. The van der Waals surface area contributed by atoms with Gasteiger partial charge in [-0.1, -0.05) is 6.92 Å². The predicted octanol–water partition coefficient (Wildman–Crippen LogP) is -0.0441. The second-order valence-corrected chi connectivity index (χ2v) is 3.89. The molecule has 0 saturated carbocycles. The number of nitrogens with zero attached hydrogens (tertiary/aromatic N) is 1. The SMILES string of the molecule is CCN(CC)C(=O)CNC(=O)CC(C)CN. The predicted molar refractivity (Wildman–Crippen MR) is 63.8 cm³/mol. The molecule has 0 aliphatic rings. The average Bonchev–Trinajstić information content (AvgIpc) is 2.27. The van der Waals surface area contributed by atoms with Crippen molar-refractivity contribution in [3.05, 3.63) is 0 Å². The summed E-state index contributed by atoms with van der Waals surface area (Å²) in [6.07, 6.45) is 0.377. The Labute approximate surface area is 97.4 Å². The summed E-state index contributed by atoms with van der Waals surface area (Å²) in [6, 6.07) is 0. The van der Waals surface area contributed by atoms with Gasteiger partial charge in [-0.3, -0.25) is 9.59 Å². The van der Waals surface area contributed by atoms with Gasteiger partial charge < -0.3 is 16.0 Å². The molecule has 0 aromatic heterocycles. The molecule has 0 saturated heterocycles. The number of hydrogen-bond donors (Lipinski definition) is 2. The normalized spacial score (nSPS) is 12.0. The Balaban J connectivity index is 3.87. The zero-order chi connectivity index (χ0) is 12.6. The summed E-state index contributed by atoms with van der Waals surface area (Å²) in [5.74, 6) is 0.000707. The Kier molecular flexibility index (Phi) is 7.54. The van der Waals surface area contributed by atoms with E-state index in [0.717, 1.165) is 0 Å². The van der Waals surface area contributed by atoms with Gasteiger partial charge in [-0.25, -0.2) is 0 Å². The molecule has 2 amide bonds. The molecule has 0 heterocycles. The summed E-state index contributed by atoms with van der Waals surface area (Å²) in [7, 11) is 0. The van der Waals surface area contributed by atoms with Gasteiger partial charge in [0, 0.05) is 19.5 Å². The maximum atomic E-state index is 11.6. The maximum absolute atomic E-state index is 11.6. The van der Waals surface area contributed by atoms with E-state index in [4.69, 9.17) is 5.73 Å². The highest BCUT2D eigenvalue weighted by atomic mass is 16.2. The smallest absolute Gasteiger partial charge is 0.241 e. The van der Waals surface area contributed by atoms with E-state index in [-0.39, 0.29) is 24.3 Å². The van der Waals surface area contributed by atoms with Gasteiger partial charge in [0.25, 0.3) is 0 Å². The second-order valence-electron chi connectivity index (χ2n) is 3.89. The van der Waals surface area contributed by atoms with Crippen molar-refractivity contribution >= 4 is 11.8 Å². The summed E-state index contributed by atoms with van der Waals surface area (Å²) in [4.78, 5) is 24.6. The molecule has 0 aromatic rings. The van der Waals surface area contributed by atoms with Gasteiger partial charge in [-0.15, -0.1) is 0 Å². The minimum Gasteiger partial charge on any atom is -0.347 e. The third kappa shape index (κ3) is 5.70. The van der Waals surface area contributed by atoms with Crippen LogP contribution in [0.2, 0.25) is 0 Å². The monoisotopic (exact) mass is 229 g/mol. The van der Waals surface area contributed by atoms with Crippen LogP contribution in [-0.4, -0.2) is 42.9 Å².